The van der Waals surface area contributed by atoms with Gasteiger partial charge in [0.1, 0.15) is 5.60 Å². The van der Waals surface area contributed by atoms with Crippen molar-refractivity contribution in [3.8, 4) is 0 Å². The van der Waals surface area contributed by atoms with Crippen LogP contribution in [0.2, 0.25) is 0 Å². The molecule has 1 rings (SSSR count). The molecular weight excluding hydrogens is 218 g/mol. The zero-order valence-electron chi connectivity index (χ0n) is 11.4. The van der Waals surface area contributed by atoms with Gasteiger partial charge in [0.15, 0.2) is 0 Å². The fraction of sp³-hybridized carbons (Fsp3) is 0.923. The first-order valence-electron chi connectivity index (χ1n) is 6.39. The monoisotopic (exact) mass is 243 g/mol. The zero-order chi connectivity index (χ0) is 13.1. The maximum absolute atomic E-state index is 11.7. The molecule has 4 nitrogen and oxygen atoms in total. The quantitative estimate of drug-likeness (QED) is 0.800. The summed E-state index contributed by atoms with van der Waals surface area (Å²) in [5.74, 6) is 0.347. The number of carbonyl (C=O) groups excluding carboxylic acids is 1. The molecule has 4 heteroatoms. The van der Waals surface area contributed by atoms with Gasteiger partial charge in [0.05, 0.1) is 12.1 Å². The normalized spacial score (nSPS) is 21.0. The van der Waals surface area contributed by atoms with Gasteiger partial charge in [0, 0.05) is 0 Å². The molecule has 2 N–H and O–H groups in total. The van der Waals surface area contributed by atoms with E-state index in [9.17, 15) is 9.90 Å². The Labute approximate surface area is 104 Å². The minimum atomic E-state index is -0.557. The summed E-state index contributed by atoms with van der Waals surface area (Å²) in [5, 5.41) is 12.4. The Kier molecular flexibility index (Phi) is 4.42. The predicted molar refractivity (Wildman–Crippen MR) is 66.8 cm³/mol. The minimum Gasteiger partial charge on any atom is -0.444 e. The molecule has 0 aromatic carbocycles. The molecule has 1 saturated carbocycles. The number of hydrogen-bond acceptors (Lipinski definition) is 3. The molecule has 0 bridgehead atoms. The number of rotatable bonds is 3. The Balaban J connectivity index is 2.58. The summed E-state index contributed by atoms with van der Waals surface area (Å²) in [4.78, 5) is 11.7. The van der Waals surface area contributed by atoms with Crippen molar-refractivity contribution < 1.29 is 14.6 Å². The molecule has 0 heterocycles. The van der Waals surface area contributed by atoms with Crippen LogP contribution in [0.3, 0.4) is 0 Å². The first-order valence-corrected chi connectivity index (χ1v) is 6.39. The summed E-state index contributed by atoms with van der Waals surface area (Å²) in [5.41, 5.74) is -1.06. The van der Waals surface area contributed by atoms with Gasteiger partial charge in [-0.05, 0) is 46.5 Å². The van der Waals surface area contributed by atoms with E-state index >= 15 is 0 Å². The first kappa shape index (κ1) is 14.3. The van der Waals surface area contributed by atoms with E-state index in [1.165, 1.54) is 12.8 Å². The van der Waals surface area contributed by atoms with Crippen molar-refractivity contribution in [2.24, 2.45) is 5.92 Å². The highest BCUT2D eigenvalue weighted by Crippen LogP contribution is 2.33. The fourth-order valence-electron chi connectivity index (χ4n) is 2.37. The molecule has 100 valence electrons. The number of aliphatic hydroxyl groups excluding tert-OH is 1. The van der Waals surface area contributed by atoms with Gasteiger partial charge < -0.3 is 15.2 Å². The highest BCUT2D eigenvalue weighted by molar-refractivity contribution is 5.68. The standard InChI is InChI=1S/C13H25NO3/c1-12(2,3)17-11(16)14-13(4,9-15)10-7-5-6-8-10/h10,15H,5-9H2,1-4H3,(H,14,16)/t13-/m1/s1. The number of aliphatic hydroxyl groups is 1. The van der Waals surface area contributed by atoms with Crippen molar-refractivity contribution in [1.29, 1.82) is 0 Å². The first-order chi connectivity index (χ1) is 7.77. The summed E-state index contributed by atoms with van der Waals surface area (Å²) in [6.45, 7) is 7.35. The van der Waals surface area contributed by atoms with Crippen LogP contribution in [0.1, 0.15) is 53.4 Å². The smallest absolute Gasteiger partial charge is 0.408 e. The second-order valence-electron chi connectivity index (χ2n) is 6.18. The zero-order valence-corrected chi connectivity index (χ0v) is 11.4. The molecule has 0 aromatic rings. The third-order valence-corrected chi connectivity index (χ3v) is 3.37. The molecule has 0 aromatic heterocycles. The fourth-order valence-corrected chi connectivity index (χ4v) is 2.37. The van der Waals surface area contributed by atoms with E-state index in [1.807, 2.05) is 27.7 Å². The van der Waals surface area contributed by atoms with Crippen LogP contribution in [0, 0.1) is 5.92 Å². The van der Waals surface area contributed by atoms with Crippen LogP contribution in [0.5, 0.6) is 0 Å². The number of amides is 1. The largest absolute Gasteiger partial charge is 0.444 e. The van der Waals surface area contributed by atoms with Crippen molar-refractivity contribution >= 4 is 6.09 Å². The molecule has 1 amide bonds. The summed E-state index contributed by atoms with van der Waals surface area (Å²) in [6, 6.07) is 0. The molecule has 1 aliphatic carbocycles. The lowest BCUT2D eigenvalue weighted by Gasteiger charge is -2.35. The molecule has 1 fully saturated rings. The third kappa shape index (κ3) is 4.19. The van der Waals surface area contributed by atoms with Crippen LogP contribution >= 0.6 is 0 Å². The van der Waals surface area contributed by atoms with Crippen molar-refractivity contribution in [2.75, 3.05) is 6.61 Å². The number of hydrogen-bond donors (Lipinski definition) is 2. The van der Waals surface area contributed by atoms with Gasteiger partial charge in [0.25, 0.3) is 0 Å². The number of alkyl carbamates (subject to hydrolysis) is 1. The number of ether oxygens (including phenoxy) is 1. The molecular formula is C13H25NO3. The van der Waals surface area contributed by atoms with Gasteiger partial charge in [-0.15, -0.1) is 0 Å². The van der Waals surface area contributed by atoms with E-state index in [2.05, 4.69) is 5.32 Å². The molecule has 0 unspecified atom stereocenters. The van der Waals surface area contributed by atoms with Crippen LogP contribution < -0.4 is 5.32 Å². The molecule has 17 heavy (non-hydrogen) atoms. The molecule has 0 spiro atoms. The SMILES string of the molecule is CC(C)(C)OC(=O)N[C@](C)(CO)C1CCCC1. The van der Waals surface area contributed by atoms with Crippen LogP contribution in [0.15, 0.2) is 0 Å². The van der Waals surface area contributed by atoms with Crippen molar-refractivity contribution in [2.45, 2.75) is 64.5 Å². The maximum atomic E-state index is 11.7. The van der Waals surface area contributed by atoms with E-state index in [4.69, 9.17) is 4.74 Å². The number of carbonyl (C=O) groups is 1. The Bertz CT molecular complexity index is 266. The molecule has 0 radical (unpaired) electrons. The maximum Gasteiger partial charge on any atom is 0.408 e. The topological polar surface area (TPSA) is 58.6 Å². The average Bonchev–Trinajstić information content (AvgIpc) is 2.67. The second-order valence-corrected chi connectivity index (χ2v) is 6.18. The van der Waals surface area contributed by atoms with E-state index in [0.29, 0.717) is 5.92 Å². The predicted octanol–water partition coefficient (Wildman–Crippen LogP) is 2.45. The van der Waals surface area contributed by atoms with E-state index < -0.39 is 17.2 Å². The summed E-state index contributed by atoms with van der Waals surface area (Å²) in [7, 11) is 0. The summed E-state index contributed by atoms with van der Waals surface area (Å²) >= 11 is 0. The van der Waals surface area contributed by atoms with Gasteiger partial charge in [0.2, 0.25) is 0 Å². The third-order valence-electron chi connectivity index (χ3n) is 3.37. The lowest BCUT2D eigenvalue weighted by Crippen LogP contribution is -2.54. The highest BCUT2D eigenvalue weighted by Gasteiger charge is 2.37. The molecule has 0 aliphatic heterocycles. The van der Waals surface area contributed by atoms with Gasteiger partial charge in [-0.1, -0.05) is 12.8 Å². The summed E-state index contributed by atoms with van der Waals surface area (Å²) < 4.78 is 5.23. The van der Waals surface area contributed by atoms with Gasteiger partial charge in [-0.25, -0.2) is 4.79 Å². The van der Waals surface area contributed by atoms with Crippen LogP contribution in [0.25, 0.3) is 0 Å². The van der Waals surface area contributed by atoms with Crippen LogP contribution in [0.4, 0.5) is 4.79 Å². The van der Waals surface area contributed by atoms with Crippen molar-refractivity contribution in [3.05, 3.63) is 0 Å². The summed E-state index contributed by atoms with van der Waals surface area (Å²) in [6.07, 6.45) is 4.03. The lowest BCUT2D eigenvalue weighted by molar-refractivity contribution is 0.0340. The van der Waals surface area contributed by atoms with Gasteiger partial charge >= 0.3 is 6.09 Å². The average molecular weight is 243 g/mol. The van der Waals surface area contributed by atoms with E-state index in [1.54, 1.807) is 0 Å². The van der Waals surface area contributed by atoms with E-state index in [-0.39, 0.29) is 6.61 Å². The second kappa shape index (κ2) is 5.25. The van der Waals surface area contributed by atoms with Crippen LogP contribution in [-0.4, -0.2) is 28.9 Å². The van der Waals surface area contributed by atoms with Gasteiger partial charge in [-0.2, -0.15) is 0 Å². The van der Waals surface area contributed by atoms with Gasteiger partial charge in [-0.3, -0.25) is 0 Å². The molecule has 1 atom stereocenters. The molecule has 0 saturated heterocycles. The van der Waals surface area contributed by atoms with Crippen molar-refractivity contribution in [1.82, 2.24) is 5.32 Å². The Hall–Kier alpha value is -0.770. The van der Waals surface area contributed by atoms with Crippen LogP contribution in [-0.2, 0) is 4.74 Å². The number of nitrogens with one attached hydrogen (secondary N) is 1. The Morgan fingerprint density at radius 3 is 2.24 bits per heavy atom. The highest BCUT2D eigenvalue weighted by atomic mass is 16.6. The Morgan fingerprint density at radius 2 is 1.82 bits per heavy atom. The molecule has 1 aliphatic rings. The van der Waals surface area contributed by atoms with Crippen molar-refractivity contribution in [3.63, 3.8) is 0 Å². The van der Waals surface area contributed by atoms with E-state index in [0.717, 1.165) is 12.8 Å². The minimum absolute atomic E-state index is 0.0447. The Morgan fingerprint density at radius 1 is 1.29 bits per heavy atom. The lowest BCUT2D eigenvalue weighted by atomic mass is 9.85.